The van der Waals surface area contributed by atoms with Gasteiger partial charge in [0.2, 0.25) is 0 Å². The van der Waals surface area contributed by atoms with Crippen molar-refractivity contribution in [2.45, 2.75) is 12.3 Å². The van der Waals surface area contributed by atoms with Crippen molar-refractivity contribution in [3.8, 4) is 0 Å². The van der Waals surface area contributed by atoms with Crippen LogP contribution in [0.1, 0.15) is 11.7 Å². The summed E-state index contributed by atoms with van der Waals surface area (Å²) in [4.78, 5) is 3.90. The van der Waals surface area contributed by atoms with E-state index in [0.717, 1.165) is 5.56 Å². The predicted molar refractivity (Wildman–Crippen MR) is 39.2 cm³/mol. The summed E-state index contributed by atoms with van der Waals surface area (Å²) in [5.74, 6) is 5.17. The molecule has 1 aliphatic rings. The van der Waals surface area contributed by atoms with Gasteiger partial charge >= 0.3 is 0 Å². The molecule has 11 heavy (non-hydrogen) atoms. The Morgan fingerprint density at radius 3 is 2.73 bits per heavy atom. The first-order chi connectivity index (χ1) is 5.42. The molecule has 2 atom stereocenters. The number of nitrogens with one attached hydrogen (secondary N) is 1. The quantitative estimate of drug-likeness (QED) is 0.353. The van der Waals surface area contributed by atoms with Gasteiger partial charge in [0.25, 0.3) is 0 Å². The summed E-state index contributed by atoms with van der Waals surface area (Å²) in [5, 5.41) is 0. The van der Waals surface area contributed by atoms with Crippen LogP contribution < -0.4 is 11.3 Å². The van der Waals surface area contributed by atoms with Gasteiger partial charge in [-0.2, -0.15) is 0 Å². The van der Waals surface area contributed by atoms with E-state index in [4.69, 9.17) is 10.6 Å². The molecule has 0 radical (unpaired) electrons. The maximum atomic E-state index is 5.19. The summed E-state index contributed by atoms with van der Waals surface area (Å²) in [7, 11) is 0. The van der Waals surface area contributed by atoms with E-state index >= 15 is 0 Å². The summed E-state index contributed by atoms with van der Waals surface area (Å²) >= 11 is 0. The number of hydrazine groups is 1. The third-order valence-corrected chi connectivity index (χ3v) is 1.69. The molecule has 1 fully saturated rings. The van der Waals surface area contributed by atoms with Crippen molar-refractivity contribution >= 4 is 0 Å². The van der Waals surface area contributed by atoms with E-state index < -0.39 is 0 Å². The van der Waals surface area contributed by atoms with Crippen molar-refractivity contribution < 1.29 is 4.74 Å². The molecule has 58 valence electrons. The number of ether oxygens (including phenoxy) is 1. The minimum atomic E-state index is -0.0163. The van der Waals surface area contributed by atoms with Crippen LogP contribution in [-0.2, 0) is 4.74 Å². The van der Waals surface area contributed by atoms with Gasteiger partial charge in [-0.15, -0.1) is 0 Å². The highest BCUT2D eigenvalue weighted by atomic mass is 16.6. The average molecular weight is 151 g/mol. The fraction of sp³-hybridized carbons (Fsp3) is 0.286. The zero-order valence-corrected chi connectivity index (χ0v) is 5.90. The predicted octanol–water partition coefficient (Wildman–Crippen LogP) is -0.0577. The molecule has 2 unspecified atom stereocenters. The van der Waals surface area contributed by atoms with Crippen molar-refractivity contribution in [3.63, 3.8) is 0 Å². The van der Waals surface area contributed by atoms with Crippen molar-refractivity contribution in [3.05, 3.63) is 30.1 Å². The normalized spacial score (nSPS) is 28.5. The van der Waals surface area contributed by atoms with Crippen LogP contribution in [-0.4, -0.2) is 11.2 Å². The van der Waals surface area contributed by atoms with Crippen LogP contribution in [0.2, 0.25) is 0 Å². The van der Waals surface area contributed by atoms with E-state index in [1.165, 1.54) is 0 Å². The Balaban J connectivity index is 2.09. The lowest BCUT2D eigenvalue weighted by molar-refractivity contribution is 0.349. The number of nitrogens with two attached hydrogens (primary N) is 1. The van der Waals surface area contributed by atoms with Crippen LogP contribution in [0.4, 0.5) is 0 Å². The summed E-state index contributed by atoms with van der Waals surface area (Å²) in [6.07, 6.45) is 3.58. The minimum Gasteiger partial charge on any atom is -0.347 e. The zero-order valence-electron chi connectivity index (χ0n) is 5.90. The van der Waals surface area contributed by atoms with Crippen LogP contribution in [0.3, 0.4) is 0 Å². The zero-order chi connectivity index (χ0) is 7.68. The number of pyridine rings is 1. The third kappa shape index (κ3) is 1.23. The summed E-state index contributed by atoms with van der Waals surface area (Å²) in [6.45, 7) is 0. The highest BCUT2D eigenvalue weighted by molar-refractivity contribution is 5.18. The number of hydrogen-bond acceptors (Lipinski definition) is 4. The molecule has 1 aromatic heterocycles. The van der Waals surface area contributed by atoms with E-state index in [1.807, 2.05) is 12.1 Å². The molecule has 0 aliphatic carbocycles. The second-order valence-corrected chi connectivity index (χ2v) is 2.42. The number of aromatic nitrogens is 1. The molecular weight excluding hydrogens is 142 g/mol. The van der Waals surface area contributed by atoms with Crippen molar-refractivity contribution in [2.75, 3.05) is 0 Å². The van der Waals surface area contributed by atoms with Crippen LogP contribution >= 0.6 is 0 Å². The highest BCUT2D eigenvalue weighted by Crippen LogP contribution is 2.35. The Labute approximate surface area is 64.3 Å². The van der Waals surface area contributed by atoms with Gasteiger partial charge in [-0.3, -0.25) is 10.8 Å². The lowest BCUT2D eigenvalue weighted by Gasteiger charge is -1.92. The SMILES string of the molecule is NNC1OC1c1ccncc1. The Bertz CT molecular complexity index is 239. The van der Waals surface area contributed by atoms with Crippen LogP contribution in [0.15, 0.2) is 24.5 Å². The molecule has 0 spiro atoms. The second kappa shape index (κ2) is 2.58. The first-order valence-electron chi connectivity index (χ1n) is 3.43. The molecule has 4 heteroatoms. The fourth-order valence-electron chi connectivity index (χ4n) is 1.05. The number of epoxide rings is 1. The molecule has 3 N–H and O–H groups in total. The number of hydrogen-bond donors (Lipinski definition) is 2. The average Bonchev–Trinajstić information content (AvgIpc) is 2.85. The smallest absolute Gasteiger partial charge is 0.151 e. The van der Waals surface area contributed by atoms with Gasteiger partial charge in [-0.1, -0.05) is 0 Å². The third-order valence-electron chi connectivity index (χ3n) is 1.69. The lowest BCUT2D eigenvalue weighted by atomic mass is 10.2. The number of nitrogens with zero attached hydrogens (tertiary/aromatic N) is 1. The standard InChI is InChI=1S/C7H9N3O/c8-10-7-6(11-7)5-1-3-9-4-2-5/h1-4,6-7,10H,8H2. The van der Waals surface area contributed by atoms with Crippen molar-refractivity contribution in [1.82, 2.24) is 10.4 Å². The van der Waals surface area contributed by atoms with Gasteiger partial charge in [0.05, 0.1) is 0 Å². The van der Waals surface area contributed by atoms with Gasteiger partial charge in [0.1, 0.15) is 6.10 Å². The van der Waals surface area contributed by atoms with Gasteiger partial charge in [-0.05, 0) is 17.7 Å². The maximum absolute atomic E-state index is 5.19. The molecule has 0 amide bonds. The molecule has 0 bridgehead atoms. The topological polar surface area (TPSA) is 63.5 Å². The van der Waals surface area contributed by atoms with E-state index in [0.29, 0.717) is 0 Å². The molecule has 1 saturated heterocycles. The van der Waals surface area contributed by atoms with Crippen LogP contribution in [0.25, 0.3) is 0 Å². The molecule has 1 aliphatic heterocycles. The molecule has 0 aromatic carbocycles. The van der Waals surface area contributed by atoms with Gasteiger partial charge in [-0.25, -0.2) is 5.43 Å². The Morgan fingerprint density at radius 2 is 2.18 bits per heavy atom. The van der Waals surface area contributed by atoms with Gasteiger partial charge < -0.3 is 4.74 Å². The first-order valence-corrected chi connectivity index (χ1v) is 3.43. The van der Waals surface area contributed by atoms with E-state index in [2.05, 4.69) is 10.4 Å². The Morgan fingerprint density at radius 1 is 1.45 bits per heavy atom. The second-order valence-electron chi connectivity index (χ2n) is 2.42. The molecule has 2 rings (SSSR count). The highest BCUT2D eigenvalue weighted by Gasteiger charge is 2.39. The first kappa shape index (κ1) is 6.72. The molecular formula is C7H9N3O. The number of rotatable bonds is 2. The van der Waals surface area contributed by atoms with Gasteiger partial charge in [0.15, 0.2) is 6.23 Å². The van der Waals surface area contributed by atoms with Crippen molar-refractivity contribution in [2.24, 2.45) is 5.84 Å². The fourth-order valence-corrected chi connectivity index (χ4v) is 1.05. The summed E-state index contributed by atoms with van der Waals surface area (Å²) in [6, 6.07) is 3.84. The van der Waals surface area contributed by atoms with Crippen molar-refractivity contribution in [1.29, 1.82) is 0 Å². The Hall–Kier alpha value is -0.970. The maximum Gasteiger partial charge on any atom is 0.151 e. The van der Waals surface area contributed by atoms with E-state index in [1.54, 1.807) is 12.4 Å². The molecule has 4 nitrogen and oxygen atoms in total. The monoisotopic (exact) mass is 151 g/mol. The van der Waals surface area contributed by atoms with Gasteiger partial charge in [0, 0.05) is 12.4 Å². The summed E-state index contributed by atoms with van der Waals surface area (Å²) in [5.41, 5.74) is 3.66. The summed E-state index contributed by atoms with van der Waals surface area (Å²) < 4.78 is 5.19. The van der Waals surface area contributed by atoms with E-state index in [-0.39, 0.29) is 12.3 Å². The molecule has 0 saturated carbocycles. The molecule has 2 heterocycles. The lowest BCUT2D eigenvalue weighted by Crippen LogP contribution is -2.25. The van der Waals surface area contributed by atoms with Crippen LogP contribution in [0, 0.1) is 0 Å². The Kier molecular flexibility index (Phi) is 1.58. The largest absolute Gasteiger partial charge is 0.347 e. The minimum absolute atomic E-state index is 0.0163. The molecule has 1 aromatic rings. The van der Waals surface area contributed by atoms with E-state index in [9.17, 15) is 0 Å². The van der Waals surface area contributed by atoms with Crippen LogP contribution in [0.5, 0.6) is 0 Å².